The van der Waals surface area contributed by atoms with Crippen molar-refractivity contribution in [2.75, 3.05) is 13.7 Å². The number of halogens is 1. The van der Waals surface area contributed by atoms with Gasteiger partial charge >= 0.3 is 13.7 Å². The highest BCUT2D eigenvalue weighted by Crippen LogP contribution is 2.46. The minimum atomic E-state index is -4.24. The summed E-state index contributed by atoms with van der Waals surface area (Å²) in [5.41, 5.74) is 3.15. The van der Waals surface area contributed by atoms with Crippen molar-refractivity contribution in [3.63, 3.8) is 0 Å². The normalized spacial score (nSPS) is 31.5. The lowest BCUT2D eigenvalue weighted by Gasteiger charge is -2.36. The van der Waals surface area contributed by atoms with Crippen LogP contribution in [0.25, 0.3) is 0 Å². The number of methoxy groups -OCH3 is 1. The van der Waals surface area contributed by atoms with E-state index < -0.39 is 56.8 Å². The molecule has 1 aromatic carbocycles. The van der Waals surface area contributed by atoms with E-state index in [0.717, 1.165) is 18.9 Å². The van der Waals surface area contributed by atoms with Gasteiger partial charge < -0.3 is 34.8 Å². The number of nitrogens with two attached hydrogens (primary N) is 1. The van der Waals surface area contributed by atoms with Crippen molar-refractivity contribution >= 4 is 19.6 Å². The summed E-state index contributed by atoms with van der Waals surface area (Å²) in [6.45, 7) is 1.89. The molecule has 14 heteroatoms. The minimum absolute atomic E-state index is 0.0348. The lowest BCUT2D eigenvalue weighted by Crippen LogP contribution is -2.52. The Kier molecular flexibility index (Phi) is 7.96. The number of rotatable bonds is 9. The molecule has 7 atom stereocenters. The van der Waals surface area contributed by atoms with Gasteiger partial charge in [0.25, 0.3) is 0 Å². The van der Waals surface area contributed by atoms with Crippen molar-refractivity contribution in [1.82, 2.24) is 9.99 Å². The molecular formula is C20H28FN4O8P. The number of aliphatic hydroxyl groups is 2. The molecule has 188 valence electrons. The lowest BCUT2D eigenvalue weighted by atomic mass is 9.98. The minimum Gasteiger partial charge on any atom is -0.468 e. The molecule has 0 aliphatic carbocycles. The second kappa shape index (κ2) is 10.4. The second-order valence-corrected chi connectivity index (χ2v) is 9.55. The third-order valence-corrected chi connectivity index (χ3v) is 6.86. The fourth-order valence-electron chi connectivity index (χ4n) is 3.40. The fourth-order valence-corrected chi connectivity index (χ4v) is 4.91. The zero-order valence-electron chi connectivity index (χ0n) is 18.8. The molecule has 0 radical (unpaired) electrons. The average molecular weight is 502 g/mol. The summed E-state index contributed by atoms with van der Waals surface area (Å²) in [5.74, 6) is -0.513. The predicted octanol–water partition coefficient (Wildman–Crippen LogP) is 0.618. The van der Waals surface area contributed by atoms with E-state index in [9.17, 15) is 19.6 Å². The van der Waals surface area contributed by atoms with Crippen LogP contribution in [0.3, 0.4) is 0 Å². The molecule has 1 fully saturated rings. The maximum atomic E-state index is 15.4. The molecule has 12 nitrogen and oxygen atoms in total. The van der Waals surface area contributed by atoms with E-state index in [1.807, 2.05) is 0 Å². The Bertz CT molecular complexity index is 979. The number of nitrogens with one attached hydrogen (secondary N) is 1. The first-order valence-corrected chi connectivity index (χ1v) is 11.9. The van der Waals surface area contributed by atoms with Gasteiger partial charge in [-0.1, -0.05) is 18.2 Å². The predicted molar refractivity (Wildman–Crippen MR) is 118 cm³/mol. The van der Waals surface area contributed by atoms with Gasteiger partial charge in [0.1, 0.15) is 29.8 Å². The summed E-state index contributed by atoms with van der Waals surface area (Å²) in [5, 5.41) is 23.1. The van der Waals surface area contributed by atoms with Crippen LogP contribution in [0.1, 0.15) is 13.8 Å². The fraction of sp³-hybridized carbons (Fsp3) is 0.500. The van der Waals surface area contributed by atoms with E-state index in [1.54, 1.807) is 18.2 Å². The highest BCUT2D eigenvalue weighted by atomic mass is 31.2. The molecule has 0 amide bonds. The van der Waals surface area contributed by atoms with Gasteiger partial charge in [0.15, 0.2) is 11.9 Å². The number of esters is 1. The molecule has 0 spiro atoms. The first kappa shape index (κ1) is 26.1. The number of ether oxygens (including phenoxy) is 2. The van der Waals surface area contributed by atoms with Crippen LogP contribution in [-0.2, 0) is 23.4 Å². The highest BCUT2D eigenvalue weighted by Gasteiger charge is 2.57. The number of aliphatic imine (C=N–C) groups is 1. The molecule has 3 rings (SSSR count). The first-order valence-electron chi connectivity index (χ1n) is 10.3. The quantitative estimate of drug-likeness (QED) is 0.276. The van der Waals surface area contributed by atoms with Crippen molar-refractivity contribution in [2.24, 2.45) is 10.7 Å². The molecule has 0 aromatic heterocycles. The van der Waals surface area contributed by atoms with Crippen LogP contribution >= 0.6 is 7.75 Å². The number of alkyl halides is 1. The lowest BCUT2D eigenvalue weighted by molar-refractivity contribution is -0.142. The maximum absolute atomic E-state index is 15.4. The van der Waals surface area contributed by atoms with Gasteiger partial charge in [-0.15, -0.1) is 0 Å². The van der Waals surface area contributed by atoms with Crippen molar-refractivity contribution in [1.29, 1.82) is 0 Å². The number of para-hydroxylation sites is 1. The van der Waals surface area contributed by atoms with Gasteiger partial charge in [-0.05, 0) is 32.1 Å². The van der Waals surface area contributed by atoms with Crippen molar-refractivity contribution in [3.05, 3.63) is 42.6 Å². The number of hydrogen-bond donors (Lipinski definition) is 4. The standard InChI is InChI=1S/C20H28FN4O8P/c1-12(17(27)30-3)24-34(29,33-13-7-5-4-6-8-13)31-11-14-16(26)20(2,21)18(32-14)25-10-9-15(22)23-19(25)28/h4-10,12,14,16,18-19,26,28H,11H2,1-3H3,(H2,22,23)(H,24,29)/t12?,14?,16-,18?,19?,20-,34?/m1/s1. The first-order chi connectivity index (χ1) is 16.0. The topological polar surface area (TPSA) is 165 Å². The molecule has 2 heterocycles. The molecule has 1 saturated heterocycles. The highest BCUT2D eigenvalue weighted by molar-refractivity contribution is 7.52. The SMILES string of the molecule is COC(=O)C(C)NP(=O)(OCC1OC(N2C=CC(N)=NC2O)[C@](C)(F)[C@@H]1O)Oc1ccccc1. The molecule has 5 N–H and O–H groups in total. The Morgan fingerprint density at radius 1 is 1.41 bits per heavy atom. The number of amidine groups is 1. The molecule has 0 bridgehead atoms. The second-order valence-electron chi connectivity index (χ2n) is 7.86. The number of aliphatic hydroxyl groups excluding tert-OH is 2. The largest absolute Gasteiger partial charge is 0.468 e. The number of carbonyl (C=O) groups excluding carboxylic acids is 1. The third-order valence-electron chi connectivity index (χ3n) is 5.22. The van der Waals surface area contributed by atoms with Gasteiger partial charge in [0, 0.05) is 6.20 Å². The van der Waals surface area contributed by atoms with Gasteiger partial charge in [-0.25, -0.2) is 13.9 Å². The number of benzene rings is 1. The molecule has 0 saturated carbocycles. The summed E-state index contributed by atoms with van der Waals surface area (Å²) in [6, 6.07) is 6.96. The van der Waals surface area contributed by atoms with Crippen LogP contribution in [-0.4, -0.2) is 77.1 Å². The summed E-state index contributed by atoms with van der Waals surface area (Å²) in [7, 11) is -3.07. The Morgan fingerprint density at radius 3 is 2.71 bits per heavy atom. The van der Waals surface area contributed by atoms with Crippen LogP contribution in [0.4, 0.5) is 4.39 Å². The molecule has 1 aromatic rings. The van der Waals surface area contributed by atoms with Crippen LogP contribution in [0.15, 0.2) is 47.6 Å². The zero-order valence-corrected chi connectivity index (χ0v) is 19.7. The summed E-state index contributed by atoms with van der Waals surface area (Å²) < 4.78 is 50.0. The van der Waals surface area contributed by atoms with Crippen LogP contribution in [0, 0.1) is 0 Å². The Hall–Kier alpha value is -2.54. The smallest absolute Gasteiger partial charge is 0.459 e. The van der Waals surface area contributed by atoms with Gasteiger partial charge in [-0.2, -0.15) is 5.09 Å². The van der Waals surface area contributed by atoms with E-state index in [2.05, 4.69) is 14.8 Å². The van der Waals surface area contributed by atoms with Crippen LogP contribution in [0.5, 0.6) is 5.75 Å². The van der Waals surface area contributed by atoms with Crippen molar-refractivity contribution in [2.45, 2.75) is 50.3 Å². The third kappa shape index (κ3) is 5.74. The van der Waals surface area contributed by atoms with Gasteiger partial charge in [0.05, 0.1) is 13.7 Å². The van der Waals surface area contributed by atoms with E-state index in [0.29, 0.717) is 0 Å². The Balaban J connectivity index is 1.75. The van der Waals surface area contributed by atoms with E-state index >= 15 is 4.39 Å². The van der Waals surface area contributed by atoms with Gasteiger partial charge in [-0.3, -0.25) is 9.32 Å². The van der Waals surface area contributed by atoms with E-state index in [4.69, 9.17) is 19.5 Å². The number of hydrogen-bond acceptors (Lipinski definition) is 11. The molecule has 5 unspecified atom stereocenters. The number of nitrogens with zero attached hydrogens (tertiary/aromatic N) is 2. The van der Waals surface area contributed by atoms with E-state index in [1.165, 1.54) is 31.3 Å². The monoisotopic (exact) mass is 502 g/mol. The molecule has 34 heavy (non-hydrogen) atoms. The van der Waals surface area contributed by atoms with Crippen LogP contribution < -0.4 is 15.3 Å². The number of carbonyl (C=O) groups is 1. The summed E-state index contributed by atoms with van der Waals surface area (Å²) in [6.07, 6.45) is -3.42. The van der Waals surface area contributed by atoms with Crippen molar-refractivity contribution in [3.8, 4) is 5.75 Å². The maximum Gasteiger partial charge on any atom is 0.459 e. The van der Waals surface area contributed by atoms with Crippen molar-refractivity contribution < 1.29 is 42.5 Å². The summed E-state index contributed by atoms with van der Waals surface area (Å²) in [4.78, 5) is 16.6. The average Bonchev–Trinajstić information content (AvgIpc) is 3.01. The Morgan fingerprint density at radius 2 is 2.09 bits per heavy atom. The molecule has 2 aliphatic rings. The summed E-state index contributed by atoms with van der Waals surface area (Å²) >= 11 is 0. The molecular weight excluding hydrogens is 474 g/mol. The molecule has 2 aliphatic heterocycles. The Labute approximate surface area is 195 Å². The van der Waals surface area contributed by atoms with Gasteiger partial charge in [0.2, 0.25) is 6.35 Å². The van der Waals surface area contributed by atoms with E-state index in [-0.39, 0.29) is 11.6 Å². The zero-order chi connectivity index (χ0) is 25.1. The van der Waals surface area contributed by atoms with Crippen LogP contribution in [0.2, 0.25) is 0 Å².